The molecule has 0 aliphatic heterocycles. The normalized spacial score (nSPS) is 11.9. The van der Waals surface area contributed by atoms with Gasteiger partial charge in [0, 0.05) is 12.4 Å². The summed E-state index contributed by atoms with van der Waals surface area (Å²) in [6, 6.07) is 7.23. The first-order chi connectivity index (χ1) is 14.4. The van der Waals surface area contributed by atoms with Crippen LogP contribution in [0.4, 0.5) is 0 Å². The van der Waals surface area contributed by atoms with Crippen LogP contribution in [0.15, 0.2) is 36.7 Å². The van der Waals surface area contributed by atoms with Crippen LogP contribution in [0.25, 0.3) is 10.8 Å². The van der Waals surface area contributed by atoms with Crippen LogP contribution in [-0.2, 0) is 0 Å². The lowest BCUT2D eigenvalue weighted by molar-refractivity contribution is 0.0943. The average molecular weight is 427 g/mol. The van der Waals surface area contributed by atoms with Crippen molar-refractivity contribution in [3.05, 3.63) is 52.8 Å². The smallest absolute Gasteiger partial charge is 0.263 e. The largest absolute Gasteiger partial charge is 0.493 e. The second kappa shape index (κ2) is 9.67. The van der Waals surface area contributed by atoms with Crippen LogP contribution in [0, 0.1) is 12.8 Å². The first-order valence-electron chi connectivity index (χ1n) is 9.75. The van der Waals surface area contributed by atoms with Gasteiger partial charge in [-0.25, -0.2) is 15.0 Å². The third-order valence-electron chi connectivity index (χ3n) is 4.37. The summed E-state index contributed by atoms with van der Waals surface area (Å²) in [5.41, 5.74) is 1.58. The van der Waals surface area contributed by atoms with Crippen molar-refractivity contribution < 1.29 is 14.3 Å². The van der Waals surface area contributed by atoms with E-state index in [-0.39, 0.29) is 11.9 Å². The van der Waals surface area contributed by atoms with E-state index in [1.165, 1.54) is 11.3 Å². The zero-order valence-electron chi connectivity index (χ0n) is 17.8. The van der Waals surface area contributed by atoms with Gasteiger partial charge in [-0.15, -0.1) is 11.3 Å². The molecular weight excluding hydrogens is 400 g/mol. The maximum absolute atomic E-state index is 12.9. The maximum Gasteiger partial charge on any atom is 0.263 e. The van der Waals surface area contributed by atoms with Gasteiger partial charge in [0.05, 0.1) is 25.5 Å². The lowest BCUT2D eigenvalue weighted by Gasteiger charge is -2.17. The van der Waals surface area contributed by atoms with Crippen molar-refractivity contribution in [2.45, 2.75) is 33.7 Å². The number of nitrogens with zero attached hydrogens (tertiary/aromatic N) is 3. The van der Waals surface area contributed by atoms with E-state index in [2.05, 4.69) is 34.1 Å². The molecule has 1 N–H and O–H groups in total. The molecule has 8 heteroatoms. The minimum atomic E-state index is -0.219. The molecule has 1 unspecified atom stereocenters. The Labute approximate surface area is 180 Å². The van der Waals surface area contributed by atoms with Gasteiger partial charge in [0.2, 0.25) is 0 Å². The molecule has 2 aromatic heterocycles. The summed E-state index contributed by atoms with van der Waals surface area (Å²) in [5, 5.41) is 3.66. The SMILES string of the molecule is COc1cc(C(C)NC(=O)c2sc(-c3ncccn3)nc2C)ccc1OCC(C)C. The first kappa shape index (κ1) is 21.7. The summed E-state index contributed by atoms with van der Waals surface area (Å²) in [7, 11) is 1.61. The lowest BCUT2D eigenvalue weighted by Crippen LogP contribution is -2.26. The Morgan fingerprint density at radius 1 is 1.17 bits per heavy atom. The molecule has 3 rings (SSSR count). The number of rotatable bonds is 8. The van der Waals surface area contributed by atoms with Crippen LogP contribution in [0.3, 0.4) is 0 Å². The van der Waals surface area contributed by atoms with Crippen LogP contribution >= 0.6 is 11.3 Å². The van der Waals surface area contributed by atoms with Crippen LogP contribution < -0.4 is 14.8 Å². The molecule has 30 heavy (non-hydrogen) atoms. The molecule has 0 saturated carbocycles. The van der Waals surface area contributed by atoms with Gasteiger partial charge in [0.25, 0.3) is 5.91 Å². The number of aromatic nitrogens is 3. The zero-order valence-corrected chi connectivity index (χ0v) is 18.6. The molecule has 0 aliphatic carbocycles. The van der Waals surface area contributed by atoms with Gasteiger partial charge < -0.3 is 14.8 Å². The summed E-state index contributed by atoms with van der Waals surface area (Å²) in [4.78, 5) is 26.3. The number of amides is 1. The van der Waals surface area contributed by atoms with Crippen LogP contribution in [0.1, 0.15) is 47.7 Å². The number of ether oxygens (including phenoxy) is 2. The fourth-order valence-corrected chi connectivity index (χ4v) is 3.70. The first-order valence-corrected chi connectivity index (χ1v) is 10.6. The molecule has 2 heterocycles. The number of nitrogens with one attached hydrogen (secondary N) is 1. The van der Waals surface area contributed by atoms with E-state index in [4.69, 9.17) is 9.47 Å². The van der Waals surface area contributed by atoms with Crippen molar-refractivity contribution in [1.29, 1.82) is 0 Å². The fourth-order valence-electron chi connectivity index (χ4n) is 2.79. The minimum Gasteiger partial charge on any atom is -0.493 e. The molecule has 0 aliphatic rings. The Kier molecular flexibility index (Phi) is 6.99. The number of carbonyl (C=O) groups excluding carboxylic acids is 1. The van der Waals surface area contributed by atoms with Gasteiger partial charge in [-0.1, -0.05) is 19.9 Å². The Bertz CT molecular complexity index is 1000. The summed E-state index contributed by atoms with van der Waals surface area (Å²) in [6.45, 7) is 8.54. The van der Waals surface area contributed by atoms with E-state index in [9.17, 15) is 4.79 Å². The highest BCUT2D eigenvalue weighted by atomic mass is 32.1. The molecule has 1 aromatic carbocycles. The molecule has 0 radical (unpaired) electrons. The molecular formula is C22H26N4O3S. The number of methoxy groups -OCH3 is 1. The third kappa shape index (κ3) is 5.13. The average Bonchev–Trinajstić information content (AvgIpc) is 3.14. The molecule has 0 bridgehead atoms. The van der Waals surface area contributed by atoms with Gasteiger partial charge in [-0.05, 0) is 43.5 Å². The molecule has 158 valence electrons. The predicted molar refractivity (Wildman–Crippen MR) is 117 cm³/mol. The summed E-state index contributed by atoms with van der Waals surface area (Å²) < 4.78 is 11.3. The number of aryl methyl sites for hydroxylation is 1. The van der Waals surface area contributed by atoms with Crippen molar-refractivity contribution >= 4 is 17.2 Å². The predicted octanol–water partition coefficient (Wildman–Crippen LogP) is 4.44. The number of benzene rings is 1. The van der Waals surface area contributed by atoms with Gasteiger partial charge in [0.1, 0.15) is 4.88 Å². The molecule has 1 atom stereocenters. The van der Waals surface area contributed by atoms with Crippen molar-refractivity contribution in [3.8, 4) is 22.3 Å². The van der Waals surface area contributed by atoms with E-state index in [0.29, 0.717) is 45.4 Å². The summed E-state index contributed by atoms with van der Waals surface area (Å²) >= 11 is 1.28. The summed E-state index contributed by atoms with van der Waals surface area (Å²) in [5.74, 6) is 2.09. The number of hydrogen-bond donors (Lipinski definition) is 1. The second-order valence-corrected chi connectivity index (χ2v) is 8.32. The minimum absolute atomic E-state index is 0.182. The molecule has 1 amide bonds. The highest BCUT2D eigenvalue weighted by Gasteiger charge is 2.20. The van der Waals surface area contributed by atoms with E-state index in [1.54, 1.807) is 25.6 Å². The van der Waals surface area contributed by atoms with E-state index in [0.717, 1.165) is 5.56 Å². The number of hydrogen-bond acceptors (Lipinski definition) is 7. The topological polar surface area (TPSA) is 86.2 Å². The Hall–Kier alpha value is -3.00. The Morgan fingerprint density at radius 3 is 2.57 bits per heavy atom. The monoisotopic (exact) mass is 426 g/mol. The van der Waals surface area contributed by atoms with Crippen LogP contribution in [-0.4, -0.2) is 34.6 Å². The molecule has 7 nitrogen and oxygen atoms in total. The van der Waals surface area contributed by atoms with Crippen molar-refractivity contribution in [2.75, 3.05) is 13.7 Å². The lowest BCUT2D eigenvalue weighted by atomic mass is 10.1. The van der Waals surface area contributed by atoms with Crippen molar-refractivity contribution in [3.63, 3.8) is 0 Å². The maximum atomic E-state index is 12.9. The van der Waals surface area contributed by atoms with Gasteiger partial charge in [-0.3, -0.25) is 4.79 Å². The molecule has 0 fully saturated rings. The Morgan fingerprint density at radius 2 is 1.90 bits per heavy atom. The fraction of sp³-hybridized carbons (Fsp3) is 0.364. The zero-order chi connectivity index (χ0) is 21.7. The van der Waals surface area contributed by atoms with Crippen LogP contribution in [0.2, 0.25) is 0 Å². The number of thiazole rings is 1. The van der Waals surface area contributed by atoms with E-state index < -0.39 is 0 Å². The van der Waals surface area contributed by atoms with Crippen LogP contribution in [0.5, 0.6) is 11.5 Å². The standard InChI is InChI=1S/C22H26N4O3S/c1-13(2)12-29-17-8-7-16(11-18(17)28-5)14(3)25-21(27)19-15(4)26-22(30-19)20-23-9-6-10-24-20/h6-11,13-14H,12H2,1-5H3,(H,25,27). The molecule has 3 aromatic rings. The number of carbonyl (C=O) groups is 1. The quantitative estimate of drug-likeness (QED) is 0.573. The Balaban J connectivity index is 1.73. The highest BCUT2D eigenvalue weighted by Crippen LogP contribution is 2.31. The van der Waals surface area contributed by atoms with E-state index >= 15 is 0 Å². The van der Waals surface area contributed by atoms with Crippen molar-refractivity contribution in [1.82, 2.24) is 20.3 Å². The second-order valence-electron chi connectivity index (χ2n) is 7.32. The highest BCUT2D eigenvalue weighted by molar-refractivity contribution is 7.17. The summed E-state index contributed by atoms with van der Waals surface area (Å²) in [6.07, 6.45) is 3.31. The van der Waals surface area contributed by atoms with E-state index in [1.807, 2.05) is 32.0 Å². The van der Waals surface area contributed by atoms with Gasteiger partial charge in [0.15, 0.2) is 22.3 Å². The van der Waals surface area contributed by atoms with Gasteiger partial charge in [-0.2, -0.15) is 0 Å². The molecule has 0 spiro atoms. The van der Waals surface area contributed by atoms with Gasteiger partial charge >= 0.3 is 0 Å². The van der Waals surface area contributed by atoms with Crippen molar-refractivity contribution in [2.24, 2.45) is 5.92 Å². The molecule has 0 saturated heterocycles. The third-order valence-corrected chi connectivity index (χ3v) is 5.52.